The fourth-order valence-electron chi connectivity index (χ4n) is 4.19. The molecule has 5 rings (SSSR count). The summed E-state index contributed by atoms with van der Waals surface area (Å²) in [6.07, 6.45) is 1.03. The van der Waals surface area contributed by atoms with Gasteiger partial charge in [0.2, 0.25) is 6.79 Å². The molecule has 3 aromatic carbocycles. The molecule has 0 N–H and O–H groups in total. The fraction of sp³-hybridized carbons (Fsp3) is 0.300. The van der Waals surface area contributed by atoms with E-state index in [1.807, 2.05) is 6.07 Å². The summed E-state index contributed by atoms with van der Waals surface area (Å²) in [5, 5.41) is 4.89. The first-order valence-corrected chi connectivity index (χ1v) is 8.25. The Bertz CT molecular complexity index is 1010. The standard InChI is InChI=1S/C20H19NO3/c1-11-15-9-13(22-3)4-5-14(15)18-17-12(6-7-21(2)19(11)17)8-16-20(18)24-10-23-16/h4-5,8-9H,6-7,10H2,1-3H3. The van der Waals surface area contributed by atoms with Crippen LogP contribution in [0.1, 0.15) is 11.1 Å². The van der Waals surface area contributed by atoms with E-state index in [9.17, 15) is 0 Å². The van der Waals surface area contributed by atoms with Crippen molar-refractivity contribution in [2.45, 2.75) is 13.3 Å². The first kappa shape index (κ1) is 13.8. The highest BCUT2D eigenvalue weighted by atomic mass is 16.7. The zero-order valence-corrected chi connectivity index (χ0v) is 14.1. The molecule has 2 aliphatic heterocycles. The van der Waals surface area contributed by atoms with Gasteiger partial charge >= 0.3 is 0 Å². The predicted molar refractivity (Wildman–Crippen MR) is 95.8 cm³/mol. The molecule has 24 heavy (non-hydrogen) atoms. The second kappa shape index (κ2) is 4.69. The highest BCUT2D eigenvalue weighted by Gasteiger charge is 2.28. The van der Waals surface area contributed by atoms with Crippen LogP contribution in [0.3, 0.4) is 0 Å². The molecule has 0 atom stereocenters. The van der Waals surface area contributed by atoms with Crippen molar-refractivity contribution in [2.24, 2.45) is 0 Å². The molecule has 0 spiro atoms. The fourth-order valence-corrected chi connectivity index (χ4v) is 4.19. The number of nitrogens with zero attached hydrogens (tertiary/aromatic N) is 1. The maximum atomic E-state index is 5.86. The summed E-state index contributed by atoms with van der Waals surface area (Å²) in [4.78, 5) is 2.35. The van der Waals surface area contributed by atoms with E-state index in [1.54, 1.807) is 7.11 Å². The molecule has 0 saturated carbocycles. The smallest absolute Gasteiger partial charge is 0.231 e. The average Bonchev–Trinajstić information content (AvgIpc) is 3.07. The Kier molecular flexibility index (Phi) is 2.70. The van der Waals surface area contributed by atoms with E-state index in [1.165, 1.54) is 38.4 Å². The number of rotatable bonds is 1. The Morgan fingerprint density at radius 2 is 1.96 bits per heavy atom. The summed E-state index contributed by atoms with van der Waals surface area (Å²) >= 11 is 0. The van der Waals surface area contributed by atoms with Crippen LogP contribution >= 0.6 is 0 Å². The zero-order chi connectivity index (χ0) is 16.4. The number of hydrogen-bond donors (Lipinski definition) is 0. The number of fused-ring (bicyclic) bond motifs is 4. The lowest BCUT2D eigenvalue weighted by Crippen LogP contribution is -2.25. The molecule has 0 amide bonds. The third-order valence-electron chi connectivity index (χ3n) is 5.34. The highest BCUT2D eigenvalue weighted by Crippen LogP contribution is 2.50. The van der Waals surface area contributed by atoms with Crippen LogP contribution in [0.2, 0.25) is 0 Å². The van der Waals surface area contributed by atoms with Gasteiger partial charge in [-0.3, -0.25) is 0 Å². The Balaban J connectivity index is 2.05. The minimum atomic E-state index is 0.296. The molecule has 0 aromatic heterocycles. The summed E-state index contributed by atoms with van der Waals surface area (Å²) in [5.41, 5.74) is 3.94. The Hall–Kier alpha value is -2.62. The van der Waals surface area contributed by atoms with Gasteiger partial charge in [-0.25, -0.2) is 0 Å². The highest BCUT2D eigenvalue weighted by molar-refractivity contribution is 6.20. The van der Waals surface area contributed by atoms with Gasteiger partial charge in [0.25, 0.3) is 0 Å². The zero-order valence-electron chi connectivity index (χ0n) is 14.1. The second-order valence-corrected chi connectivity index (χ2v) is 6.58. The molecule has 0 aliphatic carbocycles. The van der Waals surface area contributed by atoms with E-state index >= 15 is 0 Å². The van der Waals surface area contributed by atoms with Gasteiger partial charge in [-0.15, -0.1) is 0 Å². The van der Waals surface area contributed by atoms with Crippen LogP contribution in [0.15, 0.2) is 24.3 Å². The molecule has 0 fully saturated rings. The molecule has 3 aromatic rings. The number of methoxy groups -OCH3 is 1. The van der Waals surface area contributed by atoms with E-state index < -0.39 is 0 Å². The Morgan fingerprint density at radius 1 is 1.08 bits per heavy atom. The summed E-state index contributed by atoms with van der Waals surface area (Å²) in [6, 6.07) is 8.44. The van der Waals surface area contributed by atoms with Crippen LogP contribution in [0.4, 0.5) is 5.69 Å². The molecule has 0 unspecified atom stereocenters. The molecule has 122 valence electrons. The van der Waals surface area contributed by atoms with Crippen molar-refractivity contribution in [3.63, 3.8) is 0 Å². The average molecular weight is 321 g/mol. The third kappa shape index (κ3) is 1.63. The van der Waals surface area contributed by atoms with Crippen molar-refractivity contribution in [1.29, 1.82) is 0 Å². The van der Waals surface area contributed by atoms with Crippen LogP contribution in [-0.4, -0.2) is 27.5 Å². The van der Waals surface area contributed by atoms with E-state index in [0.29, 0.717) is 6.79 Å². The van der Waals surface area contributed by atoms with Crippen molar-refractivity contribution in [3.8, 4) is 17.2 Å². The van der Waals surface area contributed by atoms with Crippen LogP contribution < -0.4 is 19.1 Å². The van der Waals surface area contributed by atoms with Crippen LogP contribution in [-0.2, 0) is 6.42 Å². The quantitative estimate of drug-likeness (QED) is 0.633. The van der Waals surface area contributed by atoms with Crippen LogP contribution in [0.5, 0.6) is 17.2 Å². The summed E-state index contributed by atoms with van der Waals surface area (Å²) in [5.74, 6) is 2.62. The van der Waals surface area contributed by atoms with Crippen molar-refractivity contribution >= 4 is 27.2 Å². The SMILES string of the molecule is COc1ccc2c(c1)c(C)c1c3c(cc4c(c32)OCO4)CCN1C. The molecule has 2 heterocycles. The summed E-state index contributed by atoms with van der Waals surface area (Å²) in [6.45, 7) is 3.51. The molecule has 0 radical (unpaired) electrons. The minimum absolute atomic E-state index is 0.296. The topological polar surface area (TPSA) is 30.9 Å². The number of anilines is 1. The van der Waals surface area contributed by atoms with E-state index in [0.717, 1.165) is 30.2 Å². The lowest BCUT2D eigenvalue weighted by Gasteiger charge is -2.31. The molecular weight excluding hydrogens is 302 g/mol. The van der Waals surface area contributed by atoms with Gasteiger partial charge in [-0.1, -0.05) is 0 Å². The summed E-state index contributed by atoms with van der Waals surface area (Å²) in [7, 11) is 3.88. The van der Waals surface area contributed by atoms with Crippen molar-refractivity contribution in [2.75, 3.05) is 32.4 Å². The normalized spacial score (nSPS) is 15.4. The maximum absolute atomic E-state index is 5.86. The lowest BCUT2D eigenvalue weighted by molar-refractivity contribution is 0.175. The molecule has 0 bridgehead atoms. The molecule has 2 aliphatic rings. The van der Waals surface area contributed by atoms with Crippen molar-refractivity contribution in [1.82, 2.24) is 0 Å². The monoisotopic (exact) mass is 321 g/mol. The first-order valence-electron chi connectivity index (χ1n) is 8.25. The van der Waals surface area contributed by atoms with Crippen molar-refractivity contribution < 1.29 is 14.2 Å². The lowest BCUT2D eigenvalue weighted by atomic mass is 9.88. The van der Waals surface area contributed by atoms with Gasteiger partial charge < -0.3 is 19.1 Å². The molecule has 4 heteroatoms. The number of aryl methyl sites for hydroxylation is 1. The van der Waals surface area contributed by atoms with Crippen LogP contribution in [0, 0.1) is 6.92 Å². The van der Waals surface area contributed by atoms with Gasteiger partial charge in [0.15, 0.2) is 11.5 Å². The number of hydrogen-bond acceptors (Lipinski definition) is 4. The van der Waals surface area contributed by atoms with Crippen LogP contribution in [0.25, 0.3) is 21.5 Å². The Labute approximate surface area is 140 Å². The molecule has 0 saturated heterocycles. The van der Waals surface area contributed by atoms with Gasteiger partial charge in [0.1, 0.15) is 5.75 Å². The molecular formula is C20H19NO3. The number of ether oxygens (including phenoxy) is 3. The van der Waals surface area contributed by atoms with Gasteiger partial charge in [-0.2, -0.15) is 0 Å². The third-order valence-corrected chi connectivity index (χ3v) is 5.34. The maximum Gasteiger partial charge on any atom is 0.231 e. The predicted octanol–water partition coefficient (Wildman–Crippen LogP) is 4.03. The largest absolute Gasteiger partial charge is 0.497 e. The van der Waals surface area contributed by atoms with Gasteiger partial charge in [0.05, 0.1) is 7.11 Å². The Morgan fingerprint density at radius 3 is 2.79 bits per heavy atom. The van der Waals surface area contributed by atoms with Gasteiger partial charge in [-0.05, 0) is 59.5 Å². The van der Waals surface area contributed by atoms with E-state index in [-0.39, 0.29) is 0 Å². The van der Waals surface area contributed by atoms with Gasteiger partial charge in [0, 0.05) is 30.1 Å². The van der Waals surface area contributed by atoms with Crippen molar-refractivity contribution in [3.05, 3.63) is 35.4 Å². The first-order chi connectivity index (χ1) is 11.7. The minimum Gasteiger partial charge on any atom is -0.497 e. The number of likely N-dealkylation sites (N-methyl/N-ethyl adjacent to an activating group) is 1. The molecule has 4 nitrogen and oxygen atoms in total. The van der Waals surface area contributed by atoms with E-state index in [4.69, 9.17) is 14.2 Å². The number of benzene rings is 3. The van der Waals surface area contributed by atoms with E-state index in [2.05, 4.69) is 37.1 Å². The summed E-state index contributed by atoms with van der Waals surface area (Å²) < 4.78 is 17.0. The second-order valence-electron chi connectivity index (χ2n) is 6.58.